The zero-order chi connectivity index (χ0) is 17.2. The Morgan fingerprint density at radius 2 is 2.08 bits per heavy atom. The van der Waals surface area contributed by atoms with Crippen LogP contribution in [-0.2, 0) is 16.8 Å². The summed E-state index contributed by atoms with van der Waals surface area (Å²) in [5, 5.41) is 0. The maximum atomic E-state index is 12.6. The highest BCUT2D eigenvalue weighted by molar-refractivity contribution is 5.68. The number of aromatic nitrogens is 2. The molecule has 1 aromatic carbocycles. The number of hydrogen-bond acceptors (Lipinski definition) is 3. The number of nitrogens with zero attached hydrogens (tertiary/aromatic N) is 3. The van der Waals surface area contributed by atoms with E-state index in [0.29, 0.717) is 6.54 Å². The van der Waals surface area contributed by atoms with Crippen molar-refractivity contribution in [2.45, 2.75) is 57.8 Å². The lowest BCUT2D eigenvalue weighted by molar-refractivity contribution is 0.00121. The van der Waals surface area contributed by atoms with Gasteiger partial charge in [-0.1, -0.05) is 30.3 Å². The van der Waals surface area contributed by atoms with Crippen LogP contribution >= 0.6 is 0 Å². The summed E-state index contributed by atoms with van der Waals surface area (Å²) in [6.45, 7) is 6.56. The summed E-state index contributed by atoms with van der Waals surface area (Å²) < 4.78 is 7.61. The first-order valence-electron chi connectivity index (χ1n) is 8.47. The fourth-order valence-corrected chi connectivity index (χ4v) is 3.36. The highest BCUT2D eigenvalue weighted by Gasteiger charge is 2.46. The number of benzene rings is 1. The van der Waals surface area contributed by atoms with Crippen molar-refractivity contribution in [2.75, 3.05) is 0 Å². The molecule has 3 rings (SSSR count). The van der Waals surface area contributed by atoms with Crippen molar-refractivity contribution >= 4 is 6.09 Å². The molecule has 24 heavy (non-hydrogen) atoms. The summed E-state index contributed by atoms with van der Waals surface area (Å²) in [4.78, 5) is 18.6. The molecule has 0 atom stereocenters. The molecule has 1 aliphatic rings. The number of amides is 1. The third kappa shape index (κ3) is 3.45. The quantitative estimate of drug-likeness (QED) is 0.839. The van der Waals surface area contributed by atoms with Gasteiger partial charge in [-0.2, -0.15) is 0 Å². The summed E-state index contributed by atoms with van der Waals surface area (Å²) in [6, 6.07) is 10.3. The summed E-state index contributed by atoms with van der Waals surface area (Å²) in [5.74, 6) is 0. The second-order valence-electron chi connectivity index (χ2n) is 7.07. The number of ether oxygens (including phenoxy) is 1. The Labute approximate surface area is 143 Å². The number of rotatable bonds is 5. The normalized spacial score (nSPS) is 22.9. The Kier molecular flexibility index (Phi) is 4.60. The first-order chi connectivity index (χ1) is 11.5. The van der Waals surface area contributed by atoms with Crippen LogP contribution in [0.5, 0.6) is 0 Å². The van der Waals surface area contributed by atoms with E-state index in [1.165, 1.54) is 0 Å². The van der Waals surface area contributed by atoms with Gasteiger partial charge in [0.2, 0.25) is 0 Å². The number of carbonyl (C=O) groups excluding carboxylic acids is 1. The second-order valence-corrected chi connectivity index (χ2v) is 7.07. The van der Waals surface area contributed by atoms with Gasteiger partial charge in [-0.05, 0) is 39.2 Å². The molecule has 1 aliphatic carbocycles. The number of carbonyl (C=O) groups is 1. The number of imidazole rings is 1. The molecule has 1 heterocycles. The maximum Gasteiger partial charge on any atom is 0.410 e. The minimum atomic E-state index is -0.230. The van der Waals surface area contributed by atoms with E-state index in [2.05, 4.69) is 16.5 Å². The van der Waals surface area contributed by atoms with Gasteiger partial charge in [0.15, 0.2) is 0 Å². The van der Waals surface area contributed by atoms with Crippen LogP contribution in [0.4, 0.5) is 4.79 Å². The lowest BCUT2D eigenvalue weighted by Crippen LogP contribution is -2.56. The van der Waals surface area contributed by atoms with Crippen LogP contribution in [-0.4, -0.2) is 32.7 Å². The lowest BCUT2D eigenvalue weighted by atomic mass is 9.73. The van der Waals surface area contributed by atoms with Gasteiger partial charge in [0.25, 0.3) is 0 Å². The molecule has 0 unspecified atom stereocenters. The van der Waals surface area contributed by atoms with Crippen LogP contribution in [0, 0.1) is 0 Å². The molecule has 0 N–H and O–H groups in total. The number of hydrogen-bond donors (Lipinski definition) is 0. The van der Waals surface area contributed by atoms with E-state index < -0.39 is 0 Å². The average molecular weight is 327 g/mol. The van der Waals surface area contributed by atoms with Crippen molar-refractivity contribution in [3.8, 4) is 0 Å². The van der Waals surface area contributed by atoms with Gasteiger partial charge in [0.1, 0.15) is 0 Å². The molecule has 2 aromatic rings. The fraction of sp³-hybridized carbons (Fsp3) is 0.474. The van der Waals surface area contributed by atoms with Crippen molar-refractivity contribution in [1.29, 1.82) is 0 Å². The molecule has 5 nitrogen and oxygen atoms in total. The van der Waals surface area contributed by atoms with E-state index >= 15 is 0 Å². The van der Waals surface area contributed by atoms with Crippen molar-refractivity contribution in [2.24, 2.45) is 0 Å². The molecule has 0 radical (unpaired) electrons. The Hall–Kier alpha value is -2.30. The van der Waals surface area contributed by atoms with Crippen LogP contribution < -0.4 is 0 Å². The first kappa shape index (κ1) is 16.6. The molecule has 1 fully saturated rings. The van der Waals surface area contributed by atoms with Crippen molar-refractivity contribution in [3.63, 3.8) is 0 Å². The smallest absolute Gasteiger partial charge is 0.410 e. The summed E-state index contributed by atoms with van der Waals surface area (Å²) in [7, 11) is 0. The third-order valence-corrected chi connectivity index (χ3v) is 4.69. The summed E-state index contributed by atoms with van der Waals surface area (Å²) in [5.41, 5.74) is 1.14. The lowest BCUT2D eigenvalue weighted by Gasteiger charge is -2.50. The van der Waals surface area contributed by atoms with Gasteiger partial charge in [-0.15, -0.1) is 0 Å². The Bertz CT molecular complexity index is 661. The molecular weight excluding hydrogens is 302 g/mol. The van der Waals surface area contributed by atoms with Gasteiger partial charge in [-0.3, -0.25) is 0 Å². The van der Waals surface area contributed by atoms with Crippen LogP contribution in [0.25, 0.3) is 0 Å². The Morgan fingerprint density at radius 1 is 1.38 bits per heavy atom. The predicted molar refractivity (Wildman–Crippen MR) is 92.5 cm³/mol. The first-order valence-corrected chi connectivity index (χ1v) is 8.47. The molecule has 1 amide bonds. The van der Waals surface area contributed by atoms with Crippen molar-refractivity contribution in [3.05, 3.63) is 54.6 Å². The molecule has 1 saturated carbocycles. The van der Waals surface area contributed by atoms with Gasteiger partial charge in [0.05, 0.1) is 12.4 Å². The minimum absolute atomic E-state index is 0.0220. The molecule has 0 bridgehead atoms. The molecule has 128 valence electrons. The average Bonchev–Trinajstić information content (AvgIpc) is 3.05. The topological polar surface area (TPSA) is 47.4 Å². The van der Waals surface area contributed by atoms with E-state index in [9.17, 15) is 4.79 Å². The van der Waals surface area contributed by atoms with Gasteiger partial charge in [0, 0.05) is 30.5 Å². The van der Waals surface area contributed by atoms with E-state index in [-0.39, 0.29) is 23.8 Å². The van der Waals surface area contributed by atoms with Crippen molar-refractivity contribution in [1.82, 2.24) is 14.5 Å². The van der Waals surface area contributed by atoms with E-state index in [4.69, 9.17) is 4.74 Å². The fourth-order valence-electron chi connectivity index (χ4n) is 3.36. The molecule has 5 heteroatoms. The highest BCUT2D eigenvalue weighted by atomic mass is 16.6. The largest absolute Gasteiger partial charge is 0.447 e. The SMILES string of the molecule is CC(C)OC(=O)N(Cc1ccccc1)C1CC(C)(n2ccnc2)C1. The summed E-state index contributed by atoms with van der Waals surface area (Å²) in [6.07, 6.45) is 7.11. The minimum Gasteiger partial charge on any atom is -0.447 e. The Morgan fingerprint density at radius 3 is 2.67 bits per heavy atom. The van der Waals surface area contributed by atoms with Gasteiger partial charge < -0.3 is 14.2 Å². The van der Waals surface area contributed by atoms with Crippen LogP contribution in [0.2, 0.25) is 0 Å². The van der Waals surface area contributed by atoms with Crippen molar-refractivity contribution < 1.29 is 9.53 Å². The van der Waals surface area contributed by atoms with Gasteiger partial charge in [-0.25, -0.2) is 9.78 Å². The predicted octanol–water partition coefficient (Wildman–Crippen LogP) is 3.81. The summed E-state index contributed by atoms with van der Waals surface area (Å²) >= 11 is 0. The highest BCUT2D eigenvalue weighted by Crippen LogP contribution is 2.42. The standard InChI is InChI=1S/C19H25N3O2/c1-15(2)24-18(23)22(13-16-7-5-4-6-8-16)17-11-19(3,12-17)21-10-9-20-14-21/h4-10,14-15,17H,11-13H2,1-3H3. The van der Waals surface area contributed by atoms with Crippen LogP contribution in [0.1, 0.15) is 39.2 Å². The molecule has 1 aromatic heterocycles. The maximum absolute atomic E-state index is 12.6. The molecule has 0 spiro atoms. The molecular formula is C19H25N3O2. The zero-order valence-electron chi connectivity index (χ0n) is 14.6. The monoisotopic (exact) mass is 327 g/mol. The van der Waals surface area contributed by atoms with Crippen LogP contribution in [0.15, 0.2) is 49.1 Å². The molecule has 0 aliphatic heterocycles. The van der Waals surface area contributed by atoms with Crippen LogP contribution in [0.3, 0.4) is 0 Å². The third-order valence-electron chi connectivity index (χ3n) is 4.69. The van der Waals surface area contributed by atoms with Gasteiger partial charge >= 0.3 is 6.09 Å². The van der Waals surface area contributed by atoms with E-state index in [1.54, 1.807) is 6.20 Å². The molecule has 0 saturated heterocycles. The zero-order valence-corrected chi connectivity index (χ0v) is 14.6. The second kappa shape index (κ2) is 6.67. The van der Waals surface area contributed by atoms with E-state index in [1.807, 2.05) is 61.6 Å². The Balaban J connectivity index is 1.72. The van der Waals surface area contributed by atoms with E-state index in [0.717, 1.165) is 18.4 Å².